The lowest BCUT2D eigenvalue weighted by Gasteiger charge is -2.22. The fourth-order valence-electron chi connectivity index (χ4n) is 4.73. The minimum Gasteiger partial charge on any atom is -0.490 e. The van der Waals surface area contributed by atoms with Gasteiger partial charge in [-0.1, -0.05) is 47.6 Å². The van der Waals surface area contributed by atoms with Gasteiger partial charge in [-0.15, -0.1) is 0 Å². The van der Waals surface area contributed by atoms with Crippen molar-refractivity contribution >= 4 is 12.0 Å². The third-order valence-electron chi connectivity index (χ3n) is 6.82. The van der Waals surface area contributed by atoms with Gasteiger partial charge in [-0.05, 0) is 53.9 Å². The second-order valence-corrected chi connectivity index (χ2v) is 9.65. The smallest absolute Gasteiger partial charge is 0.416 e. The summed E-state index contributed by atoms with van der Waals surface area (Å²) in [7, 11) is 0. The number of nitrogens with zero attached hydrogens (tertiary/aromatic N) is 2. The zero-order valence-corrected chi connectivity index (χ0v) is 22.3. The van der Waals surface area contributed by atoms with Gasteiger partial charge < -0.3 is 18.7 Å². The van der Waals surface area contributed by atoms with Crippen molar-refractivity contribution in [3.8, 4) is 11.5 Å². The van der Waals surface area contributed by atoms with Crippen LogP contribution in [0.4, 0.5) is 18.0 Å². The molecule has 1 aliphatic heterocycles. The van der Waals surface area contributed by atoms with Crippen LogP contribution in [0.5, 0.6) is 11.5 Å². The molecule has 3 aromatic carbocycles. The number of benzene rings is 3. The van der Waals surface area contributed by atoms with E-state index in [9.17, 15) is 22.8 Å². The minimum atomic E-state index is -4.40. The molecule has 5 rings (SSSR count). The first-order chi connectivity index (χ1) is 20.3. The molecule has 2 heterocycles. The first-order valence-electron chi connectivity index (χ1n) is 13.2. The molecule has 1 aliphatic rings. The van der Waals surface area contributed by atoms with Gasteiger partial charge in [0.2, 0.25) is 5.91 Å². The van der Waals surface area contributed by atoms with Crippen LogP contribution in [0.15, 0.2) is 95.7 Å². The number of alkyl halides is 3. The van der Waals surface area contributed by atoms with E-state index in [0.29, 0.717) is 23.6 Å². The fourth-order valence-corrected chi connectivity index (χ4v) is 4.73. The summed E-state index contributed by atoms with van der Waals surface area (Å²) in [5, 5.41) is 4.04. The van der Waals surface area contributed by atoms with Crippen molar-refractivity contribution in [2.45, 2.75) is 31.0 Å². The standard InChI is InChI=1S/C31H27F3N2O6/c32-31(33,34)23-8-12-26(13-9-23)40-17-16-39-25-10-6-22(7-11-25)27(28-14-15-42-35-28)19-29(37)36-24(20-41-30(36)38)18-21-4-2-1-3-5-21/h1-15,24,27H,16-20H2. The average Bonchev–Trinajstić information content (AvgIpc) is 3.65. The van der Waals surface area contributed by atoms with Crippen LogP contribution in [-0.2, 0) is 22.1 Å². The SMILES string of the molecule is O=C(CC(c1ccc(OCCOc2ccc(C(F)(F)F)cc2)cc1)c1ccon1)N1C(=O)OCC1Cc1ccccc1. The van der Waals surface area contributed by atoms with Crippen molar-refractivity contribution in [1.29, 1.82) is 0 Å². The highest BCUT2D eigenvalue weighted by atomic mass is 19.4. The highest BCUT2D eigenvalue weighted by Crippen LogP contribution is 2.32. The van der Waals surface area contributed by atoms with Crippen LogP contribution in [-0.4, -0.2) is 47.9 Å². The number of hydrogen-bond acceptors (Lipinski definition) is 7. The topological polar surface area (TPSA) is 91.1 Å². The van der Waals surface area contributed by atoms with Gasteiger partial charge in [-0.3, -0.25) is 4.79 Å². The van der Waals surface area contributed by atoms with Crippen LogP contribution in [0, 0.1) is 0 Å². The van der Waals surface area contributed by atoms with E-state index in [1.807, 2.05) is 30.3 Å². The van der Waals surface area contributed by atoms with Gasteiger partial charge in [0.1, 0.15) is 37.6 Å². The zero-order valence-electron chi connectivity index (χ0n) is 22.3. The van der Waals surface area contributed by atoms with E-state index in [-0.39, 0.29) is 32.1 Å². The molecule has 11 heteroatoms. The third-order valence-corrected chi connectivity index (χ3v) is 6.82. The van der Waals surface area contributed by atoms with E-state index in [2.05, 4.69) is 5.16 Å². The molecule has 0 spiro atoms. The van der Waals surface area contributed by atoms with Gasteiger partial charge >= 0.3 is 12.3 Å². The summed E-state index contributed by atoms with van der Waals surface area (Å²) in [5.74, 6) is -0.0349. The molecule has 1 aromatic heterocycles. The van der Waals surface area contributed by atoms with E-state index in [0.717, 1.165) is 23.3 Å². The molecule has 2 amide bonds. The number of cyclic esters (lactones) is 1. The fraction of sp³-hybridized carbons (Fsp3) is 0.258. The number of carbonyl (C=O) groups is 2. The van der Waals surface area contributed by atoms with Gasteiger partial charge in [-0.2, -0.15) is 13.2 Å². The zero-order chi connectivity index (χ0) is 29.5. The van der Waals surface area contributed by atoms with Crippen LogP contribution in [0.3, 0.4) is 0 Å². The lowest BCUT2D eigenvalue weighted by atomic mass is 9.91. The Kier molecular flexibility index (Phi) is 8.75. The predicted octanol–water partition coefficient (Wildman–Crippen LogP) is 6.26. The van der Waals surface area contributed by atoms with Crippen molar-refractivity contribution in [3.63, 3.8) is 0 Å². The molecule has 1 fully saturated rings. The summed E-state index contributed by atoms with van der Waals surface area (Å²) in [6.45, 7) is 0.410. The maximum Gasteiger partial charge on any atom is 0.416 e. The summed E-state index contributed by atoms with van der Waals surface area (Å²) in [5.41, 5.74) is 1.54. The number of aromatic nitrogens is 1. The Hall–Kier alpha value is -4.80. The average molecular weight is 581 g/mol. The van der Waals surface area contributed by atoms with Crippen molar-refractivity contribution in [1.82, 2.24) is 10.1 Å². The van der Waals surface area contributed by atoms with Gasteiger partial charge in [0.05, 0.1) is 17.3 Å². The normalized spacial score (nSPS) is 15.7. The molecular formula is C31H27F3N2O6. The van der Waals surface area contributed by atoms with Crippen LogP contribution in [0.25, 0.3) is 0 Å². The second-order valence-electron chi connectivity index (χ2n) is 9.65. The molecule has 0 radical (unpaired) electrons. The summed E-state index contributed by atoms with van der Waals surface area (Å²) >= 11 is 0. The number of amides is 2. The Morgan fingerprint density at radius 3 is 2.17 bits per heavy atom. The number of imide groups is 1. The molecule has 2 atom stereocenters. The third kappa shape index (κ3) is 7.09. The second kappa shape index (κ2) is 12.8. The summed E-state index contributed by atoms with van der Waals surface area (Å²) in [6.07, 6.45) is -3.19. The molecule has 218 valence electrons. The molecule has 4 aromatic rings. The Labute approximate surface area is 239 Å². The van der Waals surface area contributed by atoms with Crippen molar-refractivity contribution in [3.05, 3.63) is 114 Å². The summed E-state index contributed by atoms with van der Waals surface area (Å²) in [4.78, 5) is 27.1. The predicted molar refractivity (Wildman–Crippen MR) is 144 cm³/mol. The molecular weight excluding hydrogens is 553 g/mol. The maximum absolute atomic E-state index is 13.4. The Morgan fingerprint density at radius 2 is 1.57 bits per heavy atom. The Balaban J connectivity index is 1.19. The van der Waals surface area contributed by atoms with Crippen LogP contribution in [0.1, 0.15) is 34.7 Å². The van der Waals surface area contributed by atoms with E-state index < -0.39 is 29.8 Å². The van der Waals surface area contributed by atoms with Crippen molar-refractivity contribution in [2.24, 2.45) is 0 Å². The number of rotatable bonds is 11. The molecule has 2 unspecified atom stereocenters. The van der Waals surface area contributed by atoms with E-state index >= 15 is 0 Å². The quantitative estimate of drug-likeness (QED) is 0.193. The van der Waals surface area contributed by atoms with Crippen molar-refractivity contribution in [2.75, 3.05) is 19.8 Å². The lowest BCUT2D eigenvalue weighted by Crippen LogP contribution is -2.40. The molecule has 0 bridgehead atoms. The molecule has 1 saturated heterocycles. The molecule has 0 aliphatic carbocycles. The summed E-state index contributed by atoms with van der Waals surface area (Å²) in [6, 6.07) is 22.3. The lowest BCUT2D eigenvalue weighted by molar-refractivity contribution is -0.137. The van der Waals surface area contributed by atoms with Crippen LogP contribution >= 0.6 is 0 Å². The van der Waals surface area contributed by atoms with Crippen molar-refractivity contribution < 1.29 is 41.5 Å². The first-order valence-corrected chi connectivity index (χ1v) is 13.2. The Bertz CT molecular complexity index is 1460. The van der Waals surface area contributed by atoms with Gasteiger partial charge in [0.15, 0.2) is 0 Å². The molecule has 0 N–H and O–H groups in total. The largest absolute Gasteiger partial charge is 0.490 e. The van der Waals surface area contributed by atoms with Crippen LogP contribution < -0.4 is 9.47 Å². The van der Waals surface area contributed by atoms with E-state index in [1.54, 1.807) is 30.3 Å². The number of halogens is 3. The number of carbonyl (C=O) groups excluding carboxylic acids is 2. The molecule has 0 saturated carbocycles. The first kappa shape index (κ1) is 28.7. The van der Waals surface area contributed by atoms with E-state index in [4.69, 9.17) is 18.7 Å². The maximum atomic E-state index is 13.4. The Morgan fingerprint density at radius 1 is 0.929 bits per heavy atom. The minimum absolute atomic E-state index is 0.0336. The van der Waals surface area contributed by atoms with Gasteiger partial charge in [0.25, 0.3) is 0 Å². The van der Waals surface area contributed by atoms with Crippen LogP contribution in [0.2, 0.25) is 0 Å². The van der Waals surface area contributed by atoms with Gasteiger partial charge in [0, 0.05) is 18.4 Å². The summed E-state index contributed by atoms with van der Waals surface area (Å²) < 4.78 is 59.5. The monoisotopic (exact) mass is 580 g/mol. The van der Waals surface area contributed by atoms with Gasteiger partial charge in [-0.25, -0.2) is 9.69 Å². The molecule has 42 heavy (non-hydrogen) atoms. The number of hydrogen-bond donors (Lipinski definition) is 0. The highest BCUT2D eigenvalue weighted by molar-refractivity contribution is 5.94. The number of ether oxygens (including phenoxy) is 3. The van der Waals surface area contributed by atoms with E-state index in [1.165, 1.54) is 23.3 Å². The molecule has 8 nitrogen and oxygen atoms in total. The highest BCUT2D eigenvalue weighted by Gasteiger charge is 2.39.